The molecule has 0 N–H and O–H groups in total. The van der Waals surface area contributed by atoms with Crippen molar-refractivity contribution in [1.82, 2.24) is 4.57 Å². The van der Waals surface area contributed by atoms with Gasteiger partial charge in [-0.15, -0.1) is 0 Å². The fourth-order valence-electron chi connectivity index (χ4n) is 2.82. The molecule has 146 valence electrons. The average Bonchev–Trinajstić information content (AvgIpc) is 2.94. The van der Waals surface area contributed by atoms with Gasteiger partial charge in [0, 0.05) is 5.02 Å². The van der Waals surface area contributed by atoms with E-state index in [1.54, 1.807) is 35.8 Å². The van der Waals surface area contributed by atoms with Crippen LogP contribution in [0.15, 0.2) is 41.4 Å². The first-order valence-electron chi connectivity index (χ1n) is 8.95. The number of fused-ring (bicyclic) bond motifs is 1. The molecule has 0 unspecified atom stereocenters. The number of hydrogen-bond donors (Lipinski definition) is 0. The van der Waals surface area contributed by atoms with Gasteiger partial charge in [-0.2, -0.15) is 4.99 Å². The Hall–Kier alpha value is -2.44. The Morgan fingerprint density at radius 3 is 2.50 bits per heavy atom. The topological polar surface area (TPSA) is 60.7 Å². The number of aromatic nitrogens is 1. The highest BCUT2D eigenvalue weighted by Gasteiger charge is 2.13. The van der Waals surface area contributed by atoms with Crippen molar-refractivity contribution >= 4 is 45.0 Å². The van der Waals surface area contributed by atoms with Crippen LogP contribution in [0.25, 0.3) is 10.2 Å². The summed E-state index contributed by atoms with van der Waals surface area (Å²) >= 11 is 7.28. The molecule has 0 radical (unpaired) electrons. The number of nitrogens with zero attached hydrogens (tertiary/aromatic N) is 2. The quantitative estimate of drug-likeness (QED) is 0.585. The number of benzene rings is 2. The van der Waals surface area contributed by atoms with Crippen molar-refractivity contribution in [2.45, 2.75) is 33.7 Å². The molecule has 0 spiro atoms. The second kappa shape index (κ2) is 8.71. The minimum absolute atomic E-state index is 0.0173. The van der Waals surface area contributed by atoms with Crippen LogP contribution in [0.4, 0.5) is 0 Å². The van der Waals surface area contributed by atoms with Crippen LogP contribution in [0.1, 0.15) is 23.6 Å². The largest absolute Gasteiger partial charge is 0.465 e. The van der Waals surface area contributed by atoms with Crippen molar-refractivity contribution in [3.63, 3.8) is 0 Å². The molecule has 3 rings (SSSR count). The highest BCUT2D eigenvalue weighted by molar-refractivity contribution is 7.16. The Labute approximate surface area is 172 Å². The second-order valence-corrected chi connectivity index (χ2v) is 7.93. The van der Waals surface area contributed by atoms with Crippen molar-refractivity contribution in [2.24, 2.45) is 4.99 Å². The molecule has 0 aliphatic rings. The lowest BCUT2D eigenvalue weighted by molar-refractivity contribution is -0.143. The third-order valence-corrected chi connectivity index (χ3v) is 5.67. The molecule has 28 heavy (non-hydrogen) atoms. The predicted octanol–water partition coefficient (Wildman–Crippen LogP) is 4.21. The molecule has 0 aliphatic carbocycles. The minimum atomic E-state index is -0.355. The first kappa shape index (κ1) is 20.3. The van der Waals surface area contributed by atoms with Gasteiger partial charge in [-0.3, -0.25) is 9.59 Å². The molecule has 1 amide bonds. The number of carbonyl (C=O) groups is 2. The van der Waals surface area contributed by atoms with Gasteiger partial charge >= 0.3 is 5.97 Å². The first-order chi connectivity index (χ1) is 13.4. The lowest BCUT2D eigenvalue weighted by Gasteiger charge is -2.06. The summed E-state index contributed by atoms with van der Waals surface area (Å²) in [5, 5.41) is 0.621. The van der Waals surface area contributed by atoms with Gasteiger partial charge in [0.05, 0.1) is 23.2 Å². The number of thiazole rings is 1. The van der Waals surface area contributed by atoms with E-state index < -0.39 is 0 Å². The smallest absolute Gasteiger partial charge is 0.326 e. The molecule has 0 bridgehead atoms. The van der Waals surface area contributed by atoms with Crippen LogP contribution in [-0.4, -0.2) is 23.1 Å². The van der Waals surface area contributed by atoms with Gasteiger partial charge in [-0.1, -0.05) is 35.1 Å². The van der Waals surface area contributed by atoms with Crippen LogP contribution < -0.4 is 4.80 Å². The maximum atomic E-state index is 12.5. The van der Waals surface area contributed by atoms with Crippen LogP contribution >= 0.6 is 22.9 Å². The Morgan fingerprint density at radius 1 is 1.14 bits per heavy atom. The summed E-state index contributed by atoms with van der Waals surface area (Å²) in [7, 11) is 0. The van der Waals surface area contributed by atoms with Gasteiger partial charge < -0.3 is 9.30 Å². The van der Waals surface area contributed by atoms with Gasteiger partial charge in [-0.25, -0.2) is 0 Å². The molecular weight excluding hydrogens is 396 g/mol. The summed E-state index contributed by atoms with van der Waals surface area (Å²) < 4.78 is 7.82. The van der Waals surface area contributed by atoms with Crippen LogP contribution in [-0.2, 0) is 27.3 Å². The fraction of sp³-hybridized carbons (Fsp3) is 0.286. The maximum Gasteiger partial charge on any atom is 0.326 e. The Balaban J connectivity index is 2.02. The molecule has 2 aromatic carbocycles. The molecule has 0 atom stereocenters. The van der Waals surface area contributed by atoms with Gasteiger partial charge in [0.2, 0.25) is 0 Å². The average molecular weight is 417 g/mol. The summed E-state index contributed by atoms with van der Waals surface area (Å²) in [5.74, 6) is -0.632. The first-order valence-corrected chi connectivity index (χ1v) is 10.1. The van der Waals surface area contributed by atoms with Crippen LogP contribution in [0, 0.1) is 13.8 Å². The number of rotatable bonds is 5. The molecule has 1 heterocycles. The van der Waals surface area contributed by atoms with E-state index in [1.165, 1.54) is 11.3 Å². The van der Waals surface area contributed by atoms with Crippen molar-refractivity contribution in [2.75, 3.05) is 6.61 Å². The van der Waals surface area contributed by atoms with E-state index in [2.05, 4.69) is 11.1 Å². The summed E-state index contributed by atoms with van der Waals surface area (Å²) in [5.41, 5.74) is 3.97. The number of hydrogen-bond acceptors (Lipinski definition) is 4. The number of aryl methyl sites for hydroxylation is 2. The zero-order chi connectivity index (χ0) is 20.3. The number of amides is 1. The summed E-state index contributed by atoms with van der Waals surface area (Å²) in [6, 6.07) is 11.2. The highest BCUT2D eigenvalue weighted by Crippen LogP contribution is 2.22. The SMILES string of the molecule is CCOC(=O)Cn1c(=NC(=O)Cc2ccc(Cl)cc2)sc2cc(C)c(C)cc21. The molecule has 0 saturated heterocycles. The van der Waals surface area contributed by atoms with Crippen molar-refractivity contribution < 1.29 is 14.3 Å². The molecule has 3 aromatic rings. The van der Waals surface area contributed by atoms with E-state index in [0.717, 1.165) is 26.9 Å². The lowest BCUT2D eigenvalue weighted by Crippen LogP contribution is -2.23. The van der Waals surface area contributed by atoms with Crippen molar-refractivity contribution in [3.05, 3.63) is 62.9 Å². The Morgan fingerprint density at radius 2 is 1.82 bits per heavy atom. The number of halogens is 1. The molecule has 5 nitrogen and oxygen atoms in total. The minimum Gasteiger partial charge on any atom is -0.465 e. The zero-order valence-electron chi connectivity index (χ0n) is 16.0. The highest BCUT2D eigenvalue weighted by atomic mass is 35.5. The van der Waals surface area contributed by atoms with Crippen LogP contribution in [0.3, 0.4) is 0 Å². The van der Waals surface area contributed by atoms with Crippen LogP contribution in [0.2, 0.25) is 5.02 Å². The second-order valence-electron chi connectivity index (χ2n) is 6.49. The van der Waals surface area contributed by atoms with Gasteiger partial charge in [0.15, 0.2) is 4.80 Å². The molecule has 1 aromatic heterocycles. The van der Waals surface area contributed by atoms with Crippen molar-refractivity contribution in [3.8, 4) is 0 Å². The zero-order valence-corrected chi connectivity index (χ0v) is 17.6. The normalized spacial score (nSPS) is 11.8. The third kappa shape index (κ3) is 4.69. The fourth-order valence-corrected chi connectivity index (χ4v) is 4.07. The molecule has 7 heteroatoms. The summed E-state index contributed by atoms with van der Waals surface area (Å²) in [6.45, 7) is 6.14. The summed E-state index contributed by atoms with van der Waals surface area (Å²) in [4.78, 5) is 29.4. The third-order valence-electron chi connectivity index (χ3n) is 4.38. The molecular formula is C21H21ClN2O3S. The van der Waals surface area contributed by atoms with E-state index in [4.69, 9.17) is 16.3 Å². The Kier molecular flexibility index (Phi) is 6.31. The van der Waals surface area contributed by atoms with E-state index in [1.807, 2.05) is 19.9 Å². The van der Waals surface area contributed by atoms with Crippen LogP contribution in [0.5, 0.6) is 0 Å². The standard InChI is InChI=1S/C21H21ClN2O3S/c1-4-27-20(26)12-24-17-9-13(2)14(3)10-18(17)28-21(24)23-19(25)11-15-5-7-16(22)8-6-15/h5-10H,4,11-12H2,1-3H3. The number of esters is 1. The van der Waals surface area contributed by atoms with E-state index in [0.29, 0.717) is 16.4 Å². The molecule has 0 saturated carbocycles. The van der Waals surface area contributed by atoms with Gasteiger partial charge in [-0.05, 0) is 61.7 Å². The van der Waals surface area contributed by atoms with Gasteiger partial charge in [0.1, 0.15) is 6.54 Å². The lowest BCUT2D eigenvalue weighted by atomic mass is 10.1. The number of carbonyl (C=O) groups excluding carboxylic acids is 2. The molecule has 0 fully saturated rings. The van der Waals surface area contributed by atoms with Crippen molar-refractivity contribution in [1.29, 1.82) is 0 Å². The molecule has 0 aliphatic heterocycles. The predicted molar refractivity (Wildman–Crippen MR) is 112 cm³/mol. The van der Waals surface area contributed by atoms with E-state index in [-0.39, 0.29) is 24.8 Å². The maximum absolute atomic E-state index is 12.5. The Bertz CT molecular complexity index is 1100. The van der Waals surface area contributed by atoms with Gasteiger partial charge in [0.25, 0.3) is 5.91 Å². The summed E-state index contributed by atoms with van der Waals surface area (Å²) in [6.07, 6.45) is 0.170. The van der Waals surface area contributed by atoms with E-state index in [9.17, 15) is 9.59 Å². The van der Waals surface area contributed by atoms with E-state index >= 15 is 0 Å². The monoisotopic (exact) mass is 416 g/mol. The number of ether oxygens (including phenoxy) is 1.